The summed E-state index contributed by atoms with van der Waals surface area (Å²) < 4.78 is 0. The van der Waals surface area contributed by atoms with E-state index in [0.717, 1.165) is 0 Å². The SMILES string of the molecule is CNC(=O)c1cc(NC(=O)[C@H](N)CC(C)C)ccc1Cl. The predicted octanol–water partition coefficient (Wildman–Crippen LogP) is 2.01. The largest absolute Gasteiger partial charge is 0.355 e. The van der Waals surface area contributed by atoms with Crippen molar-refractivity contribution in [3.05, 3.63) is 28.8 Å². The van der Waals surface area contributed by atoms with Gasteiger partial charge in [0.05, 0.1) is 16.6 Å². The van der Waals surface area contributed by atoms with Crippen LogP contribution in [0.5, 0.6) is 0 Å². The van der Waals surface area contributed by atoms with Crippen LogP contribution in [0.4, 0.5) is 5.69 Å². The Hall–Kier alpha value is -1.59. The van der Waals surface area contributed by atoms with Gasteiger partial charge in [-0.3, -0.25) is 9.59 Å². The molecule has 0 saturated heterocycles. The zero-order valence-electron chi connectivity index (χ0n) is 11.9. The molecule has 20 heavy (non-hydrogen) atoms. The molecule has 6 heteroatoms. The molecule has 0 aliphatic heterocycles. The molecule has 110 valence electrons. The van der Waals surface area contributed by atoms with Crippen molar-refractivity contribution < 1.29 is 9.59 Å². The van der Waals surface area contributed by atoms with Gasteiger partial charge in [0.2, 0.25) is 5.91 Å². The second-order valence-corrected chi connectivity index (χ2v) is 5.41. The first-order valence-corrected chi connectivity index (χ1v) is 6.81. The third kappa shape index (κ3) is 4.51. The second-order valence-electron chi connectivity index (χ2n) is 5.00. The Bertz CT molecular complexity index is 503. The summed E-state index contributed by atoms with van der Waals surface area (Å²) in [6.07, 6.45) is 0.599. The van der Waals surface area contributed by atoms with Gasteiger partial charge >= 0.3 is 0 Å². The number of carbonyl (C=O) groups is 2. The first-order valence-electron chi connectivity index (χ1n) is 6.43. The molecule has 0 radical (unpaired) electrons. The van der Waals surface area contributed by atoms with Gasteiger partial charge in [-0.2, -0.15) is 0 Å². The van der Waals surface area contributed by atoms with E-state index in [0.29, 0.717) is 28.6 Å². The Morgan fingerprint density at radius 1 is 1.35 bits per heavy atom. The van der Waals surface area contributed by atoms with Crippen LogP contribution >= 0.6 is 11.6 Å². The number of nitrogens with one attached hydrogen (secondary N) is 2. The number of anilines is 1. The van der Waals surface area contributed by atoms with Gasteiger partial charge < -0.3 is 16.4 Å². The normalized spacial score (nSPS) is 12.1. The molecule has 0 bridgehead atoms. The monoisotopic (exact) mass is 297 g/mol. The summed E-state index contributed by atoms with van der Waals surface area (Å²) in [6.45, 7) is 4.00. The molecule has 4 N–H and O–H groups in total. The van der Waals surface area contributed by atoms with E-state index >= 15 is 0 Å². The van der Waals surface area contributed by atoms with Gasteiger partial charge in [0.1, 0.15) is 0 Å². The molecule has 1 rings (SSSR count). The van der Waals surface area contributed by atoms with E-state index in [-0.39, 0.29) is 11.8 Å². The molecule has 0 unspecified atom stereocenters. The van der Waals surface area contributed by atoms with Crippen LogP contribution in [0.3, 0.4) is 0 Å². The maximum absolute atomic E-state index is 11.9. The van der Waals surface area contributed by atoms with E-state index in [1.54, 1.807) is 12.1 Å². The second kappa shape index (κ2) is 7.26. The Morgan fingerprint density at radius 3 is 2.55 bits per heavy atom. The molecule has 0 aliphatic carbocycles. The van der Waals surface area contributed by atoms with Crippen LogP contribution in [0, 0.1) is 5.92 Å². The molecule has 1 aromatic carbocycles. The third-order valence-corrected chi connectivity index (χ3v) is 3.10. The molecule has 0 spiro atoms. The zero-order chi connectivity index (χ0) is 15.3. The minimum atomic E-state index is -0.575. The highest BCUT2D eigenvalue weighted by molar-refractivity contribution is 6.34. The standard InChI is InChI=1S/C14H20ClN3O2/c1-8(2)6-12(16)14(20)18-9-4-5-11(15)10(7-9)13(19)17-3/h4-5,7-8,12H,6,16H2,1-3H3,(H,17,19)(H,18,20)/t12-/m1/s1. The molecule has 5 nitrogen and oxygen atoms in total. The predicted molar refractivity (Wildman–Crippen MR) is 80.9 cm³/mol. The first-order chi connectivity index (χ1) is 9.35. The summed E-state index contributed by atoms with van der Waals surface area (Å²) in [6, 6.07) is 4.15. The molecular weight excluding hydrogens is 278 g/mol. The number of rotatable bonds is 5. The van der Waals surface area contributed by atoms with E-state index in [4.69, 9.17) is 17.3 Å². The number of carbonyl (C=O) groups excluding carboxylic acids is 2. The topological polar surface area (TPSA) is 84.2 Å². The fourth-order valence-electron chi connectivity index (χ4n) is 1.76. The summed E-state index contributed by atoms with van der Waals surface area (Å²) >= 11 is 5.94. The highest BCUT2D eigenvalue weighted by Gasteiger charge is 2.16. The summed E-state index contributed by atoms with van der Waals surface area (Å²) in [7, 11) is 1.52. The van der Waals surface area contributed by atoms with Crippen LogP contribution in [-0.4, -0.2) is 24.9 Å². The summed E-state index contributed by atoms with van der Waals surface area (Å²) in [4.78, 5) is 23.5. The van der Waals surface area contributed by atoms with Gasteiger partial charge in [0.25, 0.3) is 5.91 Å². The smallest absolute Gasteiger partial charge is 0.252 e. The van der Waals surface area contributed by atoms with Crippen molar-refractivity contribution in [1.29, 1.82) is 0 Å². The Morgan fingerprint density at radius 2 is 2.00 bits per heavy atom. The number of hydrogen-bond donors (Lipinski definition) is 3. The molecule has 0 heterocycles. The lowest BCUT2D eigenvalue weighted by atomic mass is 10.0. The fourth-order valence-corrected chi connectivity index (χ4v) is 1.96. The number of nitrogens with two attached hydrogens (primary N) is 1. The molecule has 1 atom stereocenters. The van der Waals surface area contributed by atoms with E-state index in [2.05, 4.69) is 10.6 Å². The van der Waals surface area contributed by atoms with Crippen molar-refractivity contribution in [2.45, 2.75) is 26.3 Å². The molecule has 1 aromatic rings. The maximum atomic E-state index is 11.9. The molecule has 0 aliphatic rings. The fraction of sp³-hybridized carbons (Fsp3) is 0.429. The van der Waals surface area contributed by atoms with E-state index in [1.807, 2.05) is 13.8 Å². The number of hydrogen-bond acceptors (Lipinski definition) is 3. The third-order valence-electron chi connectivity index (χ3n) is 2.77. The van der Waals surface area contributed by atoms with Crippen LogP contribution in [0.2, 0.25) is 5.02 Å². The van der Waals surface area contributed by atoms with E-state index in [9.17, 15) is 9.59 Å². The summed E-state index contributed by atoms with van der Waals surface area (Å²) in [5, 5.41) is 5.51. The lowest BCUT2D eigenvalue weighted by molar-refractivity contribution is -0.117. The summed E-state index contributed by atoms with van der Waals surface area (Å²) in [5.74, 6) is -0.246. The molecular formula is C14H20ClN3O2. The van der Waals surface area contributed by atoms with Crippen molar-refractivity contribution in [2.75, 3.05) is 12.4 Å². The van der Waals surface area contributed by atoms with Gasteiger partial charge in [-0.1, -0.05) is 25.4 Å². The van der Waals surface area contributed by atoms with E-state index < -0.39 is 6.04 Å². The molecule has 0 saturated carbocycles. The lowest BCUT2D eigenvalue weighted by Crippen LogP contribution is -2.36. The first kappa shape index (κ1) is 16.5. The Balaban J connectivity index is 2.83. The van der Waals surface area contributed by atoms with Crippen LogP contribution in [0.25, 0.3) is 0 Å². The zero-order valence-corrected chi connectivity index (χ0v) is 12.6. The van der Waals surface area contributed by atoms with Crippen LogP contribution in [0.15, 0.2) is 18.2 Å². The van der Waals surface area contributed by atoms with Gasteiger partial charge in [-0.15, -0.1) is 0 Å². The molecule has 0 aromatic heterocycles. The van der Waals surface area contributed by atoms with Crippen molar-refractivity contribution >= 4 is 29.1 Å². The lowest BCUT2D eigenvalue weighted by Gasteiger charge is -2.14. The quantitative estimate of drug-likeness (QED) is 0.777. The van der Waals surface area contributed by atoms with Crippen molar-refractivity contribution in [2.24, 2.45) is 11.7 Å². The maximum Gasteiger partial charge on any atom is 0.252 e. The van der Waals surface area contributed by atoms with Crippen LogP contribution in [0.1, 0.15) is 30.6 Å². The van der Waals surface area contributed by atoms with E-state index in [1.165, 1.54) is 13.1 Å². The molecule has 2 amide bonds. The summed E-state index contributed by atoms with van der Waals surface area (Å²) in [5.41, 5.74) is 6.61. The van der Waals surface area contributed by atoms with Gasteiger partial charge in [-0.25, -0.2) is 0 Å². The van der Waals surface area contributed by atoms with Crippen molar-refractivity contribution in [3.8, 4) is 0 Å². The average Bonchev–Trinajstić information content (AvgIpc) is 2.39. The Labute approximate surface area is 123 Å². The number of halogens is 1. The molecule has 0 fully saturated rings. The number of amides is 2. The number of benzene rings is 1. The minimum Gasteiger partial charge on any atom is -0.355 e. The van der Waals surface area contributed by atoms with Crippen molar-refractivity contribution in [3.63, 3.8) is 0 Å². The van der Waals surface area contributed by atoms with Crippen LogP contribution < -0.4 is 16.4 Å². The minimum absolute atomic E-state index is 0.274. The van der Waals surface area contributed by atoms with Crippen molar-refractivity contribution in [1.82, 2.24) is 5.32 Å². The average molecular weight is 298 g/mol. The highest BCUT2D eigenvalue weighted by atomic mass is 35.5. The Kier molecular flexibility index (Phi) is 5.98. The van der Waals surface area contributed by atoms with Gasteiger partial charge in [0.15, 0.2) is 0 Å². The van der Waals surface area contributed by atoms with Gasteiger partial charge in [-0.05, 0) is 30.5 Å². The van der Waals surface area contributed by atoms with Crippen LogP contribution in [-0.2, 0) is 4.79 Å². The van der Waals surface area contributed by atoms with Gasteiger partial charge in [0, 0.05) is 12.7 Å². The highest BCUT2D eigenvalue weighted by Crippen LogP contribution is 2.20.